The molecule has 2 aromatic rings. The van der Waals surface area contributed by atoms with Gasteiger partial charge in [0, 0.05) is 38.0 Å². The van der Waals surface area contributed by atoms with Crippen molar-refractivity contribution >= 4 is 41.9 Å². The molecule has 34 heavy (non-hydrogen) atoms. The summed E-state index contributed by atoms with van der Waals surface area (Å²) < 4.78 is 12.5. The molecule has 5 rings (SSSR count). The fraction of sp³-hybridized carbons (Fsp3) is 0.417. The molecule has 3 aliphatic heterocycles. The number of allylic oxidation sites excluding steroid dienone is 1. The lowest BCUT2D eigenvalue weighted by Crippen LogP contribution is -2.37. The van der Waals surface area contributed by atoms with E-state index in [1.165, 1.54) is 10.9 Å². The number of anilines is 2. The van der Waals surface area contributed by atoms with Gasteiger partial charge in [0.2, 0.25) is 0 Å². The van der Waals surface area contributed by atoms with Crippen LogP contribution < -0.4 is 10.2 Å². The molecule has 10 nitrogen and oxygen atoms in total. The second-order valence-electron chi connectivity index (χ2n) is 8.50. The highest BCUT2D eigenvalue weighted by molar-refractivity contribution is 6.10. The van der Waals surface area contributed by atoms with Crippen LogP contribution in [0.5, 0.6) is 0 Å². The first-order valence-electron chi connectivity index (χ1n) is 11.5. The predicted octanol–water partition coefficient (Wildman–Crippen LogP) is 2.54. The summed E-state index contributed by atoms with van der Waals surface area (Å²) in [7, 11) is 0. The predicted molar refractivity (Wildman–Crippen MR) is 129 cm³/mol. The number of carbonyl (C=O) groups excluding carboxylic acids is 2. The second kappa shape index (κ2) is 9.40. The zero-order valence-corrected chi connectivity index (χ0v) is 19.2. The Morgan fingerprint density at radius 2 is 2.09 bits per heavy atom. The number of carbonyl (C=O) groups is 2. The number of nitrogens with zero attached hydrogens (tertiary/aromatic N) is 5. The smallest absolute Gasteiger partial charge is 0.261 e. The molecule has 0 aliphatic carbocycles. The van der Waals surface area contributed by atoms with Crippen molar-refractivity contribution in [2.45, 2.75) is 25.9 Å². The van der Waals surface area contributed by atoms with Crippen LogP contribution in [0.1, 0.15) is 39.6 Å². The molecule has 178 valence electrons. The Kier molecular flexibility index (Phi) is 6.16. The third-order valence-corrected chi connectivity index (χ3v) is 6.45. The normalized spacial score (nSPS) is 20.3. The standard InChI is InChI=1S/C24H28N6O4/c1-3-5-30-22(25-2)19(13-26-30)23(31)27-20-11-16-14-29(17-4-8-34-15-17)24(32)18(16)12-21(20)28-6-9-33-10-7-28/h3,5,11-13,17H,2,4,6-10,14-15H2,1H3,(H,27,31)/b5-3-. The number of hydrogen-bond donors (Lipinski definition) is 1. The Balaban J connectivity index is 1.49. The monoisotopic (exact) mass is 464 g/mol. The van der Waals surface area contributed by atoms with Crippen LogP contribution in [-0.4, -0.2) is 78.8 Å². The Morgan fingerprint density at radius 3 is 2.79 bits per heavy atom. The molecule has 4 heterocycles. The SMILES string of the molecule is C=Nc1c(C(=O)Nc2cc3c(cc2N2CCOCC2)C(=O)N(C2CCOC2)C3)cnn1/C=C\C. The molecular formula is C24H28N6O4. The van der Waals surface area contributed by atoms with Crippen molar-refractivity contribution in [3.63, 3.8) is 0 Å². The molecule has 1 aromatic heterocycles. The summed E-state index contributed by atoms with van der Waals surface area (Å²) in [4.78, 5) is 34.5. The average molecular weight is 465 g/mol. The fourth-order valence-corrected chi connectivity index (χ4v) is 4.72. The van der Waals surface area contributed by atoms with E-state index in [1.54, 1.807) is 12.3 Å². The molecular weight excluding hydrogens is 436 g/mol. The van der Waals surface area contributed by atoms with Crippen LogP contribution in [0.4, 0.5) is 17.2 Å². The van der Waals surface area contributed by atoms with Crippen molar-refractivity contribution in [1.29, 1.82) is 0 Å². The summed E-state index contributed by atoms with van der Waals surface area (Å²) in [5.74, 6) is 0.0499. The third-order valence-electron chi connectivity index (χ3n) is 6.45. The van der Waals surface area contributed by atoms with Gasteiger partial charge in [-0.1, -0.05) is 6.08 Å². The van der Waals surface area contributed by atoms with E-state index in [0.29, 0.717) is 68.7 Å². The molecule has 1 N–H and O–H groups in total. The van der Waals surface area contributed by atoms with Crippen LogP contribution in [-0.2, 0) is 16.0 Å². The molecule has 3 aliphatic rings. The van der Waals surface area contributed by atoms with Gasteiger partial charge in [-0.15, -0.1) is 0 Å². The third kappa shape index (κ3) is 3.99. The molecule has 0 radical (unpaired) electrons. The first-order chi connectivity index (χ1) is 16.6. The number of nitrogens with one attached hydrogen (secondary N) is 1. The summed E-state index contributed by atoms with van der Waals surface area (Å²) in [5.41, 5.74) is 3.36. The lowest BCUT2D eigenvalue weighted by atomic mass is 10.1. The van der Waals surface area contributed by atoms with Gasteiger partial charge in [-0.2, -0.15) is 5.10 Å². The Bertz CT molecular complexity index is 1140. The summed E-state index contributed by atoms with van der Waals surface area (Å²) in [5, 5.41) is 7.26. The van der Waals surface area contributed by atoms with E-state index < -0.39 is 0 Å². The molecule has 0 spiro atoms. The topological polar surface area (TPSA) is 101 Å². The molecule has 1 aromatic carbocycles. The number of ether oxygens (including phenoxy) is 2. The summed E-state index contributed by atoms with van der Waals surface area (Å²) in [6.07, 6.45) is 5.83. The van der Waals surface area contributed by atoms with Crippen molar-refractivity contribution in [1.82, 2.24) is 14.7 Å². The number of rotatable bonds is 6. The number of hydrogen-bond acceptors (Lipinski definition) is 7. The van der Waals surface area contributed by atoms with Crippen LogP contribution in [0.15, 0.2) is 29.4 Å². The van der Waals surface area contributed by atoms with Gasteiger partial charge < -0.3 is 24.6 Å². The molecule has 0 bridgehead atoms. The average Bonchev–Trinajstić information content (AvgIpc) is 3.59. The van der Waals surface area contributed by atoms with Gasteiger partial charge in [-0.25, -0.2) is 9.67 Å². The molecule has 1 unspecified atom stereocenters. The second-order valence-corrected chi connectivity index (χ2v) is 8.50. The molecule has 1 atom stereocenters. The van der Waals surface area contributed by atoms with Gasteiger partial charge in [0.1, 0.15) is 5.56 Å². The number of fused-ring (bicyclic) bond motifs is 1. The maximum atomic E-state index is 13.3. The summed E-state index contributed by atoms with van der Waals surface area (Å²) >= 11 is 0. The number of morpholine rings is 1. The van der Waals surface area contributed by atoms with Crippen LogP contribution >= 0.6 is 0 Å². The quantitative estimate of drug-likeness (QED) is 0.660. The van der Waals surface area contributed by atoms with E-state index in [9.17, 15) is 9.59 Å². The highest BCUT2D eigenvalue weighted by Gasteiger charge is 2.36. The molecule has 0 saturated carbocycles. The lowest BCUT2D eigenvalue weighted by Gasteiger charge is -2.31. The van der Waals surface area contributed by atoms with E-state index in [4.69, 9.17) is 9.47 Å². The minimum atomic E-state index is -0.335. The van der Waals surface area contributed by atoms with Crippen molar-refractivity contribution < 1.29 is 19.1 Å². The Hall–Kier alpha value is -3.50. The van der Waals surface area contributed by atoms with Gasteiger partial charge in [-0.05, 0) is 37.8 Å². The number of benzene rings is 1. The van der Waals surface area contributed by atoms with E-state index in [-0.39, 0.29) is 17.9 Å². The first kappa shape index (κ1) is 22.3. The minimum Gasteiger partial charge on any atom is -0.379 e. The van der Waals surface area contributed by atoms with Crippen LogP contribution in [0.2, 0.25) is 0 Å². The van der Waals surface area contributed by atoms with Crippen molar-refractivity contribution in [3.8, 4) is 0 Å². The van der Waals surface area contributed by atoms with E-state index in [2.05, 4.69) is 27.0 Å². The van der Waals surface area contributed by atoms with Crippen LogP contribution in [0.25, 0.3) is 6.20 Å². The molecule has 10 heteroatoms. The zero-order valence-electron chi connectivity index (χ0n) is 19.2. The van der Waals surface area contributed by atoms with Gasteiger partial charge in [0.05, 0.1) is 43.4 Å². The molecule has 2 amide bonds. The molecule has 2 saturated heterocycles. The first-order valence-corrected chi connectivity index (χ1v) is 11.5. The van der Waals surface area contributed by atoms with E-state index >= 15 is 0 Å². The Morgan fingerprint density at radius 1 is 1.26 bits per heavy atom. The minimum absolute atomic E-state index is 0.0173. The zero-order chi connectivity index (χ0) is 23.7. The Labute approximate surface area is 197 Å². The largest absolute Gasteiger partial charge is 0.379 e. The maximum absolute atomic E-state index is 13.3. The highest BCUT2D eigenvalue weighted by atomic mass is 16.5. The van der Waals surface area contributed by atoms with Gasteiger partial charge in [-0.3, -0.25) is 9.59 Å². The van der Waals surface area contributed by atoms with Crippen molar-refractivity contribution in [2.24, 2.45) is 4.99 Å². The highest BCUT2D eigenvalue weighted by Crippen LogP contribution is 2.37. The summed E-state index contributed by atoms with van der Waals surface area (Å²) in [6, 6.07) is 3.91. The molecule has 2 fully saturated rings. The van der Waals surface area contributed by atoms with Gasteiger partial charge in [0.25, 0.3) is 11.8 Å². The van der Waals surface area contributed by atoms with Gasteiger partial charge >= 0.3 is 0 Å². The van der Waals surface area contributed by atoms with E-state index in [0.717, 1.165) is 17.7 Å². The number of amides is 2. The number of aromatic nitrogens is 2. The van der Waals surface area contributed by atoms with Crippen molar-refractivity contribution in [2.75, 3.05) is 49.7 Å². The lowest BCUT2D eigenvalue weighted by molar-refractivity contribution is 0.0679. The van der Waals surface area contributed by atoms with Gasteiger partial charge in [0.15, 0.2) is 5.82 Å². The maximum Gasteiger partial charge on any atom is 0.261 e. The van der Waals surface area contributed by atoms with E-state index in [1.807, 2.05) is 24.0 Å². The van der Waals surface area contributed by atoms with Crippen molar-refractivity contribution in [3.05, 3.63) is 41.1 Å². The van der Waals surface area contributed by atoms with Crippen LogP contribution in [0.3, 0.4) is 0 Å². The van der Waals surface area contributed by atoms with Crippen LogP contribution in [0, 0.1) is 0 Å². The number of aliphatic imine (C=N–C) groups is 1. The summed E-state index contributed by atoms with van der Waals surface area (Å²) in [6.45, 7) is 9.71. The fourth-order valence-electron chi connectivity index (χ4n) is 4.72.